The van der Waals surface area contributed by atoms with Crippen molar-refractivity contribution in [1.29, 1.82) is 0 Å². The van der Waals surface area contributed by atoms with Crippen LogP contribution in [-0.2, 0) is 5.41 Å². The van der Waals surface area contributed by atoms with E-state index in [-0.39, 0.29) is 30.0 Å². The number of hydrogen-bond acceptors (Lipinski definition) is 4. The molecule has 0 radical (unpaired) electrons. The van der Waals surface area contributed by atoms with Gasteiger partial charge in [0.15, 0.2) is 5.60 Å². The van der Waals surface area contributed by atoms with Crippen LogP contribution in [0.2, 0.25) is 0 Å². The molecule has 0 spiro atoms. The van der Waals surface area contributed by atoms with Crippen LogP contribution in [0.15, 0.2) is 66.7 Å². The number of halogens is 5. The molecule has 38 heavy (non-hydrogen) atoms. The van der Waals surface area contributed by atoms with Crippen LogP contribution in [-0.4, -0.2) is 47.5 Å². The summed E-state index contributed by atoms with van der Waals surface area (Å²) in [4.78, 5) is 15.9. The summed E-state index contributed by atoms with van der Waals surface area (Å²) in [7, 11) is 0. The van der Waals surface area contributed by atoms with Gasteiger partial charge in [-0.3, -0.25) is 4.79 Å². The second kappa shape index (κ2) is 9.90. The summed E-state index contributed by atoms with van der Waals surface area (Å²) in [5.74, 6) is -2.05. The first-order chi connectivity index (χ1) is 17.7. The molecule has 4 rings (SSSR count). The van der Waals surface area contributed by atoms with Gasteiger partial charge in [-0.1, -0.05) is 26.0 Å². The predicted octanol–water partition coefficient (Wildman–Crippen LogP) is 5.80. The molecule has 0 fully saturated rings. The van der Waals surface area contributed by atoms with Gasteiger partial charge < -0.3 is 20.0 Å². The van der Waals surface area contributed by atoms with Gasteiger partial charge in [-0.05, 0) is 66.4 Å². The van der Waals surface area contributed by atoms with Crippen LogP contribution < -0.4 is 9.80 Å². The number of alkyl halides is 3. The number of amides is 1. The molecular formula is C28H27F5N2O3. The molecule has 1 heterocycles. The molecule has 0 saturated carbocycles. The Bertz CT molecular complexity index is 1330. The largest absolute Gasteiger partial charge is 0.508 e. The lowest BCUT2D eigenvalue weighted by atomic mass is 9.74. The van der Waals surface area contributed by atoms with Gasteiger partial charge >= 0.3 is 6.18 Å². The van der Waals surface area contributed by atoms with E-state index in [9.17, 15) is 37.0 Å². The van der Waals surface area contributed by atoms with Crippen molar-refractivity contribution in [2.75, 3.05) is 29.4 Å². The normalized spacial score (nSPS) is 15.7. The third-order valence-electron chi connectivity index (χ3n) is 6.85. The number of nitrogens with zero attached hydrogens (tertiary/aromatic N) is 2. The summed E-state index contributed by atoms with van der Waals surface area (Å²) < 4.78 is 70.4. The van der Waals surface area contributed by atoms with Crippen molar-refractivity contribution in [2.45, 2.75) is 37.5 Å². The first-order valence-corrected chi connectivity index (χ1v) is 11.9. The summed E-state index contributed by atoms with van der Waals surface area (Å²) in [6.45, 7) is 1.94. The van der Waals surface area contributed by atoms with Gasteiger partial charge in [-0.25, -0.2) is 8.78 Å². The molecule has 1 atom stereocenters. The van der Waals surface area contributed by atoms with Crippen molar-refractivity contribution >= 4 is 17.3 Å². The Labute approximate surface area is 216 Å². The zero-order valence-corrected chi connectivity index (χ0v) is 20.8. The predicted molar refractivity (Wildman–Crippen MR) is 133 cm³/mol. The van der Waals surface area contributed by atoms with E-state index in [2.05, 4.69) is 0 Å². The van der Waals surface area contributed by atoms with Crippen LogP contribution in [0, 0.1) is 11.6 Å². The lowest BCUT2D eigenvalue weighted by Crippen LogP contribution is -2.58. The number of rotatable bonds is 6. The number of benzene rings is 3. The lowest BCUT2D eigenvalue weighted by molar-refractivity contribution is -0.262. The van der Waals surface area contributed by atoms with Crippen molar-refractivity contribution in [3.8, 4) is 5.75 Å². The minimum Gasteiger partial charge on any atom is -0.508 e. The van der Waals surface area contributed by atoms with Gasteiger partial charge in [0.1, 0.15) is 17.4 Å². The summed E-state index contributed by atoms with van der Waals surface area (Å²) in [6.07, 6.45) is -5.93. The van der Waals surface area contributed by atoms with Crippen molar-refractivity contribution in [3.63, 3.8) is 0 Å². The number of aliphatic hydroxyl groups is 1. The van der Waals surface area contributed by atoms with Gasteiger partial charge in [0.2, 0.25) is 0 Å². The zero-order chi connectivity index (χ0) is 27.9. The maximum Gasteiger partial charge on any atom is 0.418 e. The Morgan fingerprint density at radius 2 is 1.50 bits per heavy atom. The highest BCUT2D eigenvalue weighted by atomic mass is 19.4. The van der Waals surface area contributed by atoms with Crippen LogP contribution in [0.5, 0.6) is 5.75 Å². The van der Waals surface area contributed by atoms with E-state index in [1.165, 1.54) is 35.8 Å². The van der Waals surface area contributed by atoms with Crippen molar-refractivity contribution in [2.24, 2.45) is 0 Å². The number of aromatic hydroxyl groups is 1. The number of phenolic OH excluding ortho intramolecular Hbond substituents is 1. The number of hydrogen-bond donors (Lipinski definition) is 2. The average molecular weight is 535 g/mol. The Kier molecular flexibility index (Phi) is 7.13. The second-order valence-corrected chi connectivity index (χ2v) is 10.1. The Balaban J connectivity index is 1.66. The number of para-hydroxylation sites is 2. The highest BCUT2D eigenvalue weighted by molar-refractivity contribution is 6.08. The molecule has 202 valence electrons. The SMILES string of the molecule is CC(C)(CC(O)(CN1CCN(C(=O)c2ccc(F)cc2)c2ccccc21)C(F)(F)F)c1cc(F)ccc1O. The molecule has 0 saturated heterocycles. The topological polar surface area (TPSA) is 64.0 Å². The van der Waals surface area contributed by atoms with E-state index in [1.807, 2.05) is 0 Å². The number of carbonyl (C=O) groups is 1. The molecule has 2 N–H and O–H groups in total. The van der Waals surface area contributed by atoms with E-state index in [1.54, 1.807) is 24.3 Å². The molecular weight excluding hydrogens is 507 g/mol. The fourth-order valence-corrected chi connectivity index (χ4v) is 4.98. The quantitative estimate of drug-likeness (QED) is 0.393. The zero-order valence-electron chi connectivity index (χ0n) is 20.8. The Morgan fingerprint density at radius 1 is 0.895 bits per heavy atom. The molecule has 5 nitrogen and oxygen atoms in total. The van der Waals surface area contributed by atoms with Crippen molar-refractivity contribution in [1.82, 2.24) is 0 Å². The average Bonchev–Trinajstić information content (AvgIpc) is 2.84. The van der Waals surface area contributed by atoms with Crippen molar-refractivity contribution < 1.29 is 37.0 Å². The molecule has 3 aromatic carbocycles. The molecule has 10 heteroatoms. The van der Waals surface area contributed by atoms with Crippen LogP contribution in [0.1, 0.15) is 36.2 Å². The number of fused-ring (bicyclic) bond motifs is 1. The highest BCUT2D eigenvalue weighted by Crippen LogP contribution is 2.45. The van der Waals surface area contributed by atoms with Gasteiger partial charge in [-0.15, -0.1) is 0 Å². The molecule has 1 amide bonds. The van der Waals surface area contributed by atoms with Gasteiger partial charge in [0, 0.05) is 24.2 Å². The lowest BCUT2D eigenvalue weighted by Gasteiger charge is -2.44. The maximum atomic E-state index is 14.4. The molecule has 0 bridgehead atoms. The summed E-state index contributed by atoms with van der Waals surface area (Å²) in [5.41, 5.74) is -3.89. The van der Waals surface area contributed by atoms with E-state index in [4.69, 9.17) is 0 Å². The van der Waals surface area contributed by atoms with E-state index in [0.29, 0.717) is 11.4 Å². The van der Waals surface area contributed by atoms with Crippen LogP contribution in [0.3, 0.4) is 0 Å². The van der Waals surface area contributed by atoms with Gasteiger partial charge in [0.25, 0.3) is 5.91 Å². The minimum absolute atomic E-state index is 0.0199. The molecule has 1 aliphatic rings. The fourth-order valence-electron chi connectivity index (χ4n) is 4.98. The summed E-state index contributed by atoms with van der Waals surface area (Å²) in [6, 6.07) is 14.4. The number of phenols is 1. The molecule has 0 aromatic heterocycles. The number of anilines is 2. The van der Waals surface area contributed by atoms with Crippen LogP contribution in [0.25, 0.3) is 0 Å². The van der Waals surface area contributed by atoms with E-state index in [0.717, 1.165) is 30.3 Å². The highest BCUT2D eigenvalue weighted by Gasteiger charge is 2.57. The van der Waals surface area contributed by atoms with Crippen LogP contribution >= 0.6 is 0 Å². The first kappa shape index (κ1) is 27.4. The van der Waals surface area contributed by atoms with E-state index >= 15 is 0 Å². The molecule has 1 unspecified atom stereocenters. The minimum atomic E-state index is -5.07. The summed E-state index contributed by atoms with van der Waals surface area (Å²) >= 11 is 0. The number of β-amino-alcohol motifs (C(OH)–C–C–N with tert-alkyl or cyclic N) is 1. The third-order valence-corrected chi connectivity index (χ3v) is 6.85. The fraction of sp³-hybridized carbons (Fsp3) is 0.321. The monoisotopic (exact) mass is 534 g/mol. The van der Waals surface area contributed by atoms with Gasteiger partial charge in [-0.2, -0.15) is 13.2 Å². The molecule has 0 aliphatic carbocycles. The first-order valence-electron chi connectivity index (χ1n) is 11.9. The third kappa shape index (κ3) is 5.31. The van der Waals surface area contributed by atoms with Crippen molar-refractivity contribution in [3.05, 3.63) is 89.5 Å². The molecule has 3 aromatic rings. The second-order valence-electron chi connectivity index (χ2n) is 10.1. The van der Waals surface area contributed by atoms with Gasteiger partial charge in [0.05, 0.1) is 17.9 Å². The summed E-state index contributed by atoms with van der Waals surface area (Å²) in [5, 5.41) is 21.3. The van der Waals surface area contributed by atoms with Crippen LogP contribution in [0.4, 0.5) is 33.3 Å². The maximum absolute atomic E-state index is 14.4. The Morgan fingerprint density at radius 3 is 2.13 bits per heavy atom. The molecule has 1 aliphatic heterocycles. The number of carbonyl (C=O) groups excluding carboxylic acids is 1. The smallest absolute Gasteiger partial charge is 0.418 e. The Hall–Kier alpha value is -3.66. The standard InChI is InChI=1S/C28H27F5N2O3/c1-26(2,21-15-20(30)11-12-24(21)36)16-27(38,28(31,32)33)17-34-13-14-35(23-6-4-3-5-22(23)34)25(37)18-7-9-19(29)10-8-18/h3-12,15,36,38H,13-14,16-17H2,1-2H3. The van der Waals surface area contributed by atoms with E-state index < -0.39 is 47.7 Å².